The van der Waals surface area contributed by atoms with Gasteiger partial charge in [0.2, 0.25) is 0 Å². The summed E-state index contributed by atoms with van der Waals surface area (Å²) in [5.41, 5.74) is 2.32. The number of nitrogens with zero attached hydrogens (tertiary/aromatic N) is 2. The average molecular weight is 264 g/mol. The maximum atomic E-state index is 6.16. The van der Waals surface area contributed by atoms with Crippen molar-refractivity contribution in [3.8, 4) is 0 Å². The first kappa shape index (κ1) is 13.1. The molecule has 0 amide bonds. The molecule has 1 aromatic heterocycles. The van der Waals surface area contributed by atoms with Crippen molar-refractivity contribution in [3.63, 3.8) is 0 Å². The predicted octanol–water partition coefficient (Wildman–Crippen LogP) is 3.20. The van der Waals surface area contributed by atoms with Crippen molar-refractivity contribution < 1.29 is 0 Å². The van der Waals surface area contributed by atoms with Crippen molar-refractivity contribution in [3.05, 3.63) is 52.8 Å². The van der Waals surface area contributed by atoms with E-state index in [9.17, 15) is 0 Å². The van der Waals surface area contributed by atoms with Gasteiger partial charge in [-0.15, -0.1) is 0 Å². The molecule has 1 heterocycles. The van der Waals surface area contributed by atoms with E-state index in [2.05, 4.69) is 23.4 Å². The van der Waals surface area contributed by atoms with E-state index >= 15 is 0 Å². The van der Waals surface area contributed by atoms with E-state index in [1.165, 1.54) is 5.56 Å². The van der Waals surface area contributed by atoms with Crippen LogP contribution in [0.5, 0.6) is 0 Å². The number of rotatable bonds is 5. The Hall–Kier alpha value is -1.32. The van der Waals surface area contributed by atoms with Gasteiger partial charge in [-0.25, -0.2) is 0 Å². The summed E-state index contributed by atoms with van der Waals surface area (Å²) in [7, 11) is 0. The summed E-state index contributed by atoms with van der Waals surface area (Å²) in [5, 5.41) is 8.52. The number of hydrogen-bond acceptors (Lipinski definition) is 2. The molecule has 0 aliphatic rings. The van der Waals surface area contributed by atoms with Crippen LogP contribution in [0.2, 0.25) is 5.02 Å². The normalized spacial score (nSPS) is 12.6. The Balaban J connectivity index is 1.85. The number of nitrogens with one attached hydrogen (secondary N) is 1. The average Bonchev–Trinajstić information content (AvgIpc) is 2.75. The molecule has 0 fully saturated rings. The molecule has 0 aliphatic heterocycles. The van der Waals surface area contributed by atoms with Gasteiger partial charge in [0.1, 0.15) is 0 Å². The first-order valence-electron chi connectivity index (χ1n) is 6.13. The number of benzene rings is 1. The summed E-state index contributed by atoms with van der Waals surface area (Å²) in [5.74, 6) is 0. The van der Waals surface area contributed by atoms with Crippen molar-refractivity contribution in [1.82, 2.24) is 15.1 Å². The third-order valence-corrected chi connectivity index (χ3v) is 3.27. The molecule has 1 aromatic carbocycles. The van der Waals surface area contributed by atoms with Gasteiger partial charge in [-0.1, -0.05) is 29.8 Å². The standard InChI is InChI=1S/C14H18ClN3/c1-11-9-17-18(10-11)8-7-16-12(2)13-5-3-4-6-14(13)15/h3-6,9-10,12,16H,7-8H2,1-2H3. The van der Waals surface area contributed by atoms with Crippen molar-refractivity contribution >= 4 is 11.6 Å². The highest BCUT2D eigenvalue weighted by Crippen LogP contribution is 2.21. The van der Waals surface area contributed by atoms with E-state index in [4.69, 9.17) is 11.6 Å². The summed E-state index contributed by atoms with van der Waals surface area (Å²) in [6.07, 6.45) is 3.92. The van der Waals surface area contributed by atoms with E-state index in [-0.39, 0.29) is 6.04 Å². The van der Waals surface area contributed by atoms with Gasteiger partial charge in [-0.3, -0.25) is 4.68 Å². The lowest BCUT2D eigenvalue weighted by atomic mass is 10.1. The van der Waals surface area contributed by atoms with Crippen LogP contribution in [0.3, 0.4) is 0 Å². The Morgan fingerprint density at radius 1 is 1.39 bits per heavy atom. The largest absolute Gasteiger partial charge is 0.308 e. The lowest BCUT2D eigenvalue weighted by Crippen LogP contribution is -2.23. The molecule has 96 valence electrons. The minimum Gasteiger partial charge on any atom is -0.308 e. The second-order valence-electron chi connectivity index (χ2n) is 4.48. The van der Waals surface area contributed by atoms with E-state index < -0.39 is 0 Å². The maximum absolute atomic E-state index is 6.16. The van der Waals surface area contributed by atoms with E-state index in [1.807, 2.05) is 42.2 Å². The minimum atomic E-state index is 0.246. The quantitative estimate of drug-likeness (QED) is 0.898. The Bertz CT molecular complexity index is 507. The number of halogens is 1. The van der Waals surface area contributed by atoms with Crippen molar-refractivity contribution in [2.45, 2.75) is 26.4 Å². The number of aromatic nitrogens is 2. The van der Waals surface area contributed by atoms with Gasteiger partial charge >= 0.3 is 0 Å². The fourth-order valence-corrected chi connectivity index (χ4v) is 2.22. The van der Waals surface area contributed by atoms with Crippen molar-refractivity contribution in [2.75, 3.05) is 6.54 Å². The Morgan fingerprint density at radius 2 is 2.17 bits per heavy atom. The smallest absolute Gasteiger partial charge is 0.0534 e. The van der Waals surface area contributed by atoms with Crippen LogP contribution in [0.25, 0.3) is 0 Å². The fourth-order valence-electron chi connectivity index (χ4n) is 1.92. The van der Waals surface area contributed by atoms with Crippen molar-refractivity contribution in [1.29, 1.82) is 0 Å². The number of aryl methyl sites for hydroxylation is 1. The summed E-state index contributed by atoms with van der Waals surface area (Å²) >= 11 is 6.16. The van der Waals surface area contributed by atoms with Gasteiger partial charge in [-0.2, -0.15) is 5.10 Å². The highest BCUT2D eigenvalue weighted by atomic mass is 35.5. The first-order valence-corrected chi connectivity index (χ1v) is 6.51. The zero-order chi connectivity index (χ0) is 13.0. The molecule has 2 aromatic rings. The molecular weight excluding hydrogens is 246 g/mol. The molecule has 0 radical (unpaired) electrons. The fraction of sp³-hybridized carbons (Fsp3) is 0.357. The lowest BCUT2D eigenvalue weighted by Gasteiger charge is -2.15. The van der Waals surface area contributed by atoms with E-state index in [0.717, 1.165) is 23.7 Å². The van der Waals surface area contributed by atoms with Gasteiger partial charge in [0.05, 0.1) is 12.7 Å². The van der Waals surface area contributed by atoms with Crippen LogP contribution in [0.1, 0.15) is 24.1 Å². The van der Waals surface area contributed by atoms with Crippen LogP contribution in [0.4, 0.5) is 0 Å². The zero-order valence-corrected chi connectivity index (χ0v) is 11.5. The Kier molecular flexibility index (Phi) is 4.39. The number of hydrogen-bond donors (Lipinski definition) is 1. The zero-order valence-electron chi connectivity index (χ0n) is 10.7. The second kappa shape index (κ2) is 6.03. The van der Waals surface area contributed by atoms with Crippen LogP contribution in [-0.2, 0) is 6.54 Å². The molecule has 4 heteroatoms. The molecule has 1 atom stereocenters. The molecule has 0 spiro atoms. The monoisotopic (exact) mass is 263 g/mol. The molecule has 0 saturated heterocycles. The van der Waals surface area contributed by atoms with E-state index in [0.29, 0.717) is 0 Å². The summed E-state index contributed by atoms with van der Waals surface area (Å²) in [6.45, 7) is 5.90. The van der Waals surface area contributed by atoms with E-state index in [1.54, 1.807) is 0 Å². The lowest BCUT2D eigenvalue weighted by molar-refractivity contribution is 0.507. The summed E-state index contributed by atoms with van der Waals surface area (Å²) < 4.78 is 1.95. The maximum Gasteiger partial charge on any atom is 0.0534 e. The van der Waals surface area contributed by atoms with Gasteiger partial charge in [0.15, 0.2) is 0 Å². The molecule has 3 nitrogen and oxygen atoms in total. The third kappa shape index (κ3) is 3.34. The van der Waals surface area contributed by atoms with Crippen LogP contribution in [0.15, 0.2) is 36.7 Å². The van der Waals surface area contributed by atoms with Crippen LogP contribution >= 0.6 is 11.6 Å². The van der Waals surface area contributed by atoms with Crippen LogP contribution in [-0.4, -0.2) is 16.3 Å². The predicted molar refractivity (Wildman–Crippen MR) is 74.8 cm³/mol. The molecule has 0 bridgehead atoms. The highest BCUT2D eigenvalue weighted by molar-refractivity contribution is 6.31. The van der Waals surface area contributed by atoms with Crippen molar-refractivity contribution in [2.24, 2.45) is 0 Å². The molecule has 1 unspecified atom stereocenters. The molecule has 0 saturated carbocycles. The molecule has 18 heavy (non-hydrogen) atoms. The second-order valence-corrected chi connectivity index (χ2v) is 4.89. The van der Waals surface area contributed by atoms with Gasteiger partial charge in [0.25, 0.3) is 0 Å². The molecular formula is C14H18ClN3. The minimum absolute atomic E-state index is 0.246. The molecule has 1 N–H and O–H groups in total. The topological polar surface area (TPSA) is 29.9 Å². The SMILES string of the molecule is Cc1cnn(CCNC(C)c2ccccc2Cl)c1. The molecule has 0 aliphatic carbocycles. The highest BCUT2D eigenvalue weighted by Gasteiger charge is 2.07. The first-order chi connectivity index (χ1) is 8.66. The van der Waals surface area contributed by atoms with Gasteiger partial charge in [-0.05, 0) is 31.0 Å². The van der Waals surface area contributed by atoms with Gasteiger partial charge in [0, 0.05) is 23.8 Å². The van der Waals surface area contributed by atoms with Crippen LogP contribution in [0, 0.1) is 6.92 Å². The Morgan fingerprint density at radius 3 is 2.83 bits per heavy atom. The van der Waals surface area contributed by atoms with Gasteiger partial charge < -0.3 is 5.32 Å². The van der Waals surface area contributed by atoms with Crippen LogP contribution < -0.4 is 5.32 Å². The third-order valence-electron chi connectivity index (χ3n) is 2.93. The summed E-state index contributed by atoms with van der Waals surface area (Å²) in [4.78, 5) is 0. The summed E-state index contributed by atoms with van der Waals surface area (Å²) in [6, 6.07) is 8.18. The Labute approximate surface area is 113 Å². The molecule has 2 rings (SSSR count).